The Bertz CT molecular complexity index is 3020. The predicted octanol–water partition coefficient (Wildman–Crippen LogP) is 9.21. The molecule has 0 saturated carbocycles. The number of amides is 2. The lowest BCUT2D eigenvalue weighted by atomic mass is 9.81. The fraction of sp³-hybridized carbons (Fsp3) is 0.370. The highest BCUT2D eigenvalue weighted by molar-refractivity contribution is 7.86. The van der Waals surface area contributed by atoms with Gasteiger partial charge in [0.2, 0.25) is 11.6 Å². The van der Waals surface area contributed by atoms with Gasteiger partial charge >= 0.3 is 12.1 Å². The van der Waals surface area contributed by atoms with Crippen molar-refractivity contribution in [3.63, 3.8) is 0 Å². The van der Waals surface area contributed by atoms with Crippen LogP contribution in [0, 0.1) is 0 Å². The molecule has 0 unspecified atom stereocenters. The number of hydrogen-bond donors (Lipinski definition) is 5. The third-order valence-corrected chi connectivity index (χ3v) is 15.5. The number of hydrogen-bond acceptors (Lipinski definition) is 9. The van der Waals surface area contributed by atoms with E-state index in [4.69, 9.17) is 4.74 Å². The van der Waals surface area contributed by atoms with Gasteiger partial charge in [-0.25, -0.2) is 9.59 Å². The summed E-state index contributed by atoms with van der Waals surface area (Å²) in [6, 6.07) is 24.0. The number of nitrogens with zero attached hydrogens (tertiary/aromatic N) is 2. The summed E-state index contributed by atoms with van der Waals surface area (Å²) in [5.41, 5.74) is 8.17. The number of fused-ring (bicyclic) bond motifs is 5. The highest BCUT2D eigenvalue weighted by Crippen LogP contribution is 2.49. The Morgan fingerprint density at radius 2 is 1.41 bits per heavy atom. The number of carbonyl (C=O) groups excluding carboxylic acids is 2. The molecule has 0 spiro atoms. The Labute approximate surface area is 416 Å². The van der Waals surface area contributed by atoms with E-state index >= 15 is 0 Å². The number of rotatable bonds is 21. The minimum absolute atomic E-state index is 0.0719. The number of ether oxygens (including phenoxy) is 1. The molecule has 0 saturated heterocycles. The van der Waals surface area contributed by atoms with Gasteiger partial charge in [-0.2, -0.15) is 21.4 Å². The molecule has 17 heteroatoms. The highest BCUT2D eigenvalue weighted by atomic mass is 32.2. The van der Waals surface area contributed by atoms with E-state index in [1.807, 2.05) is 114 Å². The van der Waals surface area contributed by atoms with Crippen LogP contribution in [0.2, 0.25) is 0 Å². The summed E-state index contributed by atoms with van der Waals surface area (Å²) in [5, 5.41) is 15.2. The molecule has 4 aromatic rings. The normalized spacial score (nSPS) is 16.8. The average molecular weight is 1010 g/mol. The van der Waals surface area contributed by atoms with Crippen LogP contribution in [0.25, 0.3) is 11.1 Å². The van der Waals surface area contributed by atoms with Crippen molar-refractivity contribution in [3.05, 3.63) is 143 Å². The third kappa shape index (κ3) is 11.5. The number of allylic oxidation sites excluding steroid dienone is 6. The van der Waals surface area contributed by atoms with Crippen molar-refractivity contribution in [2.75, 3.05) is 31.1 Å². The minimum Gasteiger partial charge on any atom is -0.480 e. The number of carbonyl (C=O) groups is 3. The summed E-state index contributed by atoms with van der Waals surface area (Å²) in [5.74, 6) is -1.43. The molecule has 0 fully saturated rings. The van der Waals surface area contributed by atoms with Crippen molar-refractivity contribution in [1.29, 1.82) is 0 Å². The summed E-state index contributed by atoms with van der Waals surface area (Å²) in [4.78, 5) is 39.3. The molecule has 7 rings (SSSR count). The fourth-order valence-corrected chi connectivity index (χ4v) is 11.1. The molecule has 1 atom stereocenters. The number of carboxylic acid groups (broad SMARTS) is 1. The molecule has 376 valence electrons. The molecule has 1 aliphatic carbocycles. The maximum Gasteiger partial charge on any atom is 0.407 e. The maximum atomic E-state index is 12.8. The van der Waals surface area contributed by atoms with Crippen LogP contribution < -0.4 is 15.5 Å². The zero-order valence-corrected chi connectivity index (χ0v) is 42.4. The van der Waals surface area contributed by atoms with E-state index in [0.717, 1.165) is 69.0 Å². The van der Waals surface area contributed by atoms with Crippen LogP contribution in [-0.4, -0.2) is 91.6 Å². The Kier molecular flexibility index (Phi) is 15.9. The molecule has 4 aromatic carbocycles. The molecule has 2 amide bonds. The second-order valence-electron chi connectivity index (χ2n) is 19.2. The predicted molar refractivity (Wildman–Crippen MR) is 273 cm³/mol. The summed E-state index contributed by atoms with van der Waals surface area (Å²) in [6.07, 6.45) is 12.4. The maximum absolute atomic E-state index is 12.8. The number of carboxylic acids is 1. The first-order chi connectivity index (χ1) is 33.6. The Hall–Kier alpha value is -6.40. The summed E-state index contributed by atoms with van der Waals surface area (Å²) in [7, 11) is -8.83. The van der Waals surface area contributed by atoms with Crippen molar-refractivity contribution >= 4 is 55.3 Å². The molecule has 3 aliphatic rings. The van der Waals surface area contributed by atoms with Crippen LogP contribution >= 0.6 is 0 Å². The largest absolute Gasteiger partial charge is 0.480 e. The van der Waals surface area contributed by atoms with E-state index in [0.29, 0.717) is 45.3 Å². The number of unbranched alkanes of at least 4 members (excludes halogenated alkanes) is 3. The Morgan fingerprint density at radius 3 is 2.04 bits per heavy atom. The molecule has 0 radical (unpaired) electrons. The van der Waals surface area contributed by atoms with Gasteiger partial charge < -0.3 is 25.4 Å². The van der Waals surface area contributed by atoms with Crippen molar-refractivity contribution in [2.45, 2.75) is 112 Å². The van der Waals surface area contributed by atoms with Gasteiger partial charge in [0.25, 0.3) is 20.2 Å². The standard InChI is InChI=1S/C54H62N4O11S2/c1-6-57-46-29-27-36(70(63,64)65)33-43(46)53(2,3)48(57)24-9-7-10-25-49-54(4,5)44-34-37(71(66,67)68)28-30-47(44)58(49)32-18-8-11-26-50(59)55-31-17-16-23-45(51(60)61)56-52(62)69-35-42-40-21-14-12-19-38(40)39-20-13-15-22-41(39)42/h7,9-10,12-15,19-22,24-25,27-30,33-34,42,45H,6,8,11,16-18,23,26,31-32,35H2,1-5H3,(H4-,55,56,59,60,61,62,63,64,65,66,67,68)/p+1/t45-/m0/s1. The Balaban J connectivity index is 0.895. The van der Waals surface area contributed by atoms with E-state index in [-0.39, 0.29) is 34.6 Å². The van der Waals surface area contributed by atoms with E-state index in [9.17, 15) is 45.4 Å². The quantitative estimate of drug-likeness (QED) is 0.0228. The Morgan fingerprint density at radius 1 is 0.775 bits per heavy atom. The molecule has 15 nitrogen and oxygen atoms in total. The number of anilines is 1. The number of alkyl carbamates (subject to hydrolysis) is 1. The molecule has 71 heavy (non-hydrogen) atoms. The summed E-state index contributed by atoms with van der Waals surface area (Å²) in [6.45, 7) is 11.7. The lowest BCUT2D eigenvalue weighted by Crippen LogP contribution is -2.41. The van der Waals surface area contributed by atoms with Gasteiger partial charge in [0.05, 0.1) is 15.2 Å². The van der Waals surface area contributed by atoms with E-state index in [1.54, 1.807) is 12.1 Å². The van der Waals surface area contributed by atoms with E-state index in [1.165, 1.54) is 24.3 Å². The second-order valence-corrected chi connectivity index (χ2v) is 22.0. The third-order valence-electron chi connectivity index (χ3n) is 13.8. The zero-order chi connectivity index (χ0) is 51.3. The monoisotopic (exact) mass is 1010 g/mol. The van der Waals surface area contributed by atoms with Gasteiger partial charge in [-0.3, -0.25) is 13.9 Å². The second kappa shape index (κ2) is 21.5. The lowest BCUT2D eigenvalue weighted by Gasteiger charge is -2.25. The zero-order valence-electron chi connectivity index (χ0n) is 40.7. The summed E-state index contributed by atoms with van der Waals surface area (Å²) >= 11 is 0. The average Bonchev–Trinajstić information content (AvgIpc) is 3.84. The van der Waals surface area contributed by atoms with Gasteiger partial charge in [-0.15, -0.1) is 0 Å². The van der Waals surface area contributed by atoms with Crippen molar-refractivity contribution in [3.8, 4) is 11.1 Å². The molecular formula is C54H63N4O11S2+. The number of benzene rings is 4. The topological polar surface area (TPSA) is 220 Å². The van der Waals surface area contributed by atoms with Gasteiger partial charge in [0, 0.05) is 66.4 Å². The van der Waals surface area contributed by atoms with Crippen molar-refractivity contribution in [2.24, 2.45) is 0 Å². The van der Waals surface area contributed by atoms with Crippen LogP contribution in [0.15, 0.2) is 131 Å². The van der Waals surface area contributed by atoms with Crippen LogP contribution in [0.5, 0.6) is 0 Å². The van der Waals surface area contributed by atoms with Crippen molar-refractivity contribution < 1.29 is 54.7 Å². The van der Waals surface area contributed by atoms with Crippen LogP contribution in [0.1, 0.15) is 108 Å². The molecule has 5 N–H and O–H groups in total. The molecule has 2 heterocycles. The number of likely N-dealkylation sites (N-methyl/N-ethyl adjacent to an activating group) is 1. The molecule has 0 bridgehead atoms. The van der Waals surface area contributed by atoms with Gasteiger partial charge in [-0.1, -0.05) is 80.6 Å². The molecule has 0 aromatic heterocycles. The molecular weight excluding hydrogens is 945 g/mol. The van der Waals surface area contributed by atoms with E-state index in [2.05, 4.69) is 20.1 Å². The van der Waals surface area contributed by atoms with Gasteiger partial charge in [0.15, 0.2) is 5.71 Å². The fourth-order valence-electron chi connectivity index (χ4n) is 10.1. The van der Waals surface area contributed by atoms with Crippen LogP contribution in [0.4, 0.5) is 16.2 Å². The SMILES string of the molecule is CCN1\C(=C/C=C/C=C/C2=[N+](CCCCCC(=O)NCCCC[C@H](NC(=O)OCC3c4ccccc4-c4ccccc43)C(=O)O)c3ccc(S(=O)(=O)O)cc3C2(C)C)C(C)(C)c2cc(S(=O)(=O)O)ccc21. The smallest absolute Gasteiger partial charge is 0.407 e. The first kappa shape index (κ1) is 52.4. The van der Waals surface area contributed by atoms with E-state index < -0.39 is 49.2 Å². The first-order valence-electron chi connectivity index (χ1n) is 24.0. The van der Waals surface area contributed by atoms with Crippen molar-refractivity contribution in [1.82, 2.24) is 10.6 Å². The van der Waals surface area contributed by atoms with Crippen LogP contribution in [-0.2, 0) is 45.4 Å². The lowest BCUT2D eigenvalue weighted by molar-refractivity contribution is -0.438. The summed E-state index contributed by atoms with van der Waals surface area (Å²) < 4.78 is 75.5. The highest BCUT2D eigenvalue weighted by Gasteiger charge is 2.45. The van der Waals surface area contributed by atoms with Gasteiger partial charge in [0.1, 0.15) is 19.2 Å². The minimum atomic E-state index is -4.45. The van der Waals surface area contributed by atoms with Gasteiger partial charge in [-0.05, 0) is 117 Å². The van der Waals surface area contributed by atoms with Crippen LogP contribution in [0.3, 0.4) is 0 Å². The molecule has 2 aliphatic heterocycles. The first-order valence-corrected chi connectivity index (χ1v) is 26.9. The number of aliphatic carboxylic acids is 1. The number of nitrogens with one attached hydrogen (secondary N) is 2.